The van der Waals surface area contributed by atoms with Crippen LogP contribution in [0.5, 0.6) is 11.5 Å². The molecule has 0 radical (unpaired) electrons. The Kier molecular flexibility index (Phi) is 6.41. The molecule has 4 rings (SSSR count). The summed E-state index contributed by atoms with van der Waals surface area (Å²) in [5.74, 6) is 0.532. The highest BCUT2D eigenvalue weighted by molar-refractivity contribution is 6.07. The van der Waals surface area contributed by atoms with E-state index in [-0.39, 0.29) is 18.4 Å². The van der Waals surface area contributed by atoms with E-state index in [1.54, 1.807) is 41.3 Å². The van der Waals surface area contributed by atoms with E-state index in [4.69, 9.17) is 19.2 Å². The molecule has 1 aliphatic heterocycles. The van der Waals surface area contributed by atoms with Crippen LogP contribution in [0.3, 0.4) is 0 Å². The highest BCUT2D eigenvalue weighted by atomic mass is 16.5. The second kappa shape index (κ2) is 9.75. The van der Waals surface area contributed by atoms with Crippen LogP contribution >= 0.6 is 0 Å². The number of anilines is 2. The van der Waals surface area contributed by atoms with Crippen LogP contribution in [0.1, 0.15) is 21.5 Å². The Labute approximate surface area is 190 Å². The van der Waals surface area contributed by atoms with Crippen LogP contribution in [0.25, 0.3) is 6.08 Å². The van der Waals surface area contributed by atoms with E-state index in [1.807, 2.05) is 18.2 Å². The quantitative estimate of drug-likeness (QED) is 0.553. The van der Waals surface area contributed by atoms with Gasteiger partial charge in [-0.3, -0.25) is 9.59 Å². The maximum absolute atomic E-state index is 12.6. The number of hydrogen-bond donors (Lipinski definition) is 1. The maximum atomic E-state index is 12.6. The third-order valence-electron chi connectivity index (χ3n) is 5.16. The fraction of sp³-hybridized carbons (Fsp3) is 0.160. The van der Waals surface area contributed by atoms with Crippen molar-refractivity contribution in [2.45, 2.75) is 6.42 Å². The molecular weight excluding hydrogens is 422 g/mol. The molecular formula is C25H21N3O5. The van der Waals surface area contributed by atoms with E-state index in [0.29, 0.717) is 35.7 Å². The lowest BCUT2D eigenvalue weighted by Crippen LogP contribution is -2.28. The van der Waals surface area contributed by atoms with Gasteiger partial charge in [0.1, 0.15) is 12.3 Å². The summed E-state index contributed by atoms with van der Waals surface area (Å²) in [5.41, 5.74) is 3.73. The molecule has 166 valence electrons. The number of carbonyl (C=O) groups excluding carboxylic acids is 2. The average molecular weight is 443 g/mol. The summed E-state index contributed by atoms with van der Waals surface area (Å²) in [4.78, 5) is 26.8. The van der Waals surface area contributed by atoms with Crippen LogP contribution in [0.15, 0.2) is 65.5 Å². The highest BCUT2D eigenvalue weighted by Gasteiger charge is 2.26. The fourth-order valence-electron chi connectivity index (χ4n) is 3.61. The van der Waals surface area contributed by atoms with E-state index in [0.717, 1.165) is 16.8 Å². The summed E-state index contributed by atoms with van der Waals surface area (Å²) >= 11 is 0. The molecule has 0 saturated heterocycles. The topological polar surface area (TPSA) is 105 Å². The molecule has 0 fully saturated rings. The van der Waals surface area contributed by atoms with Gasteiger partial charge in [0.25, 0.3) is 5.91 Å². The minimum atomic E-state index is -0.289. The van der Waals surface area contributed by atoms with Crippen molar-refractivity contribution in [1.82, 2.24) is 0 Å². The molecule has 2 heterocycles. The molecule has 1 aromatic heterocycles. The fourth-order valence-corrected chi connectivity index (χ4v) is 3.61. The van der Waals surface area contributed by atoms with Crippen LogP contribution in [0.2, 0.25) is 0 Å². The monoisotopic (exact) mass is 443 g/mol. The number of furan rings is 1. The first-order valence-corrected chi connectivity index (χ1v) is 10.2. The molecule has 1 aliphatic rings. The number of carbonyl (C=O) groups is 2. The summed E-state index contributed by atoms with van der Waals surface area (Å²) in [6.45, 7) is 0.497. The Morgan fingerprint density at radius 3 is 2.85 bits per heavy atom. The van der Waals surface area contributed by atoms with E-state index >= 15 is 0 Å². The Bertz CT molecular complexity index is 1240. The molecule has 0 spiro atoms. The SMILES string of the molecule is COc1cc(/C=C/C(=O)Nc2ccc3c(c2)CCN3C(=O)c2ccoc2)ccc1OCC#N. The lowest BCUT2D eigenvalue weighted by atomic mass is 10.1. The largest absolute Gasteiger partial charge is 0.493 e. The molecule has 0 unspecified atom stereocenters. The lowest BCUT2D eigenvalue weighted by Gasteiger charge is -2.16. The van der Waals surface area contributed by atoms with Crippen LogP contribution in [0.4, 0.5) is 11.4 Å². The molecule has 8 nitrogen and oxygen atoms in total. The first-order chi connectivity index (χ1) is 16.1. The van der Waals surface area contributed by atoms with E-state index < -0.39 is 0 Å². The molecule has 8 heteroatoms. The number of ether oxygens (including phenoxy) is 2. The van der Waals surface area contributed by atoms with Crippen molar-refractivity contribution in [2.75, 3.05) is 30.5 Å². The van der Waals surface area contributed by atoms with Crippen LogP contribution in [0, 0.1) is 11.3 Å². The summed E-state index contributed by atoms with van der Waals surface area (Å²) in [6.07, 6.45) is 6.70. The third kappa shape index (κ3) is 4.88. The molecule has 0 aliphatic carbocycles. The van der Waals surface area contributed by atoms with Crippen molar-refractivity contribution in [3.05, 3.63) is 77.8 Å². The zero-order valence-electron chi connectivity index (χ0n) is 17.9. The molecule has 0 bridgehead atoms. The minimum Gasteiger partial charge on any atom is -0.493 e. The van der Waals surface area contributed by atoms with Crippen LogP contribution in [-0.4, -0.2) is 32.1 Å². The second-order valence-electron chi connectivity index (χ2n) is 7.24. The van der Waals surface area contributed by atoms with E-state index in [1.165, 1.54) is 25.7 Å². The minimum absolute atomic E-state index is 0.0794. The number of rotatable bonds is 7. The molecule has 1 N–H and O–H groups in total. The summed E-state index contributed by atoms with van der Waals surface area (Å²) in [7, 11) is 1.51. The Balaban J connectivity index is 1.41. The molecule has 2 amide bonds. The van der Waals surface area contributed by atoms with Gasteiger partial charge < -0.3 is 24.1 Å². The number of benzene rings is 2. The summed E-state index contributed by atoms with van der Waals surface area (Å²) < 4.78 is 15.6. The first-order valence-electron chi connectivity index (χ1n) is 10.2. The molecule has 0 atom stereocenters. The smallest absolute Gasteiger partial charge is 0.261 e. The summed E-state index contributed by atoms with van der Waals surface area (Å²) in [6, 6.07) is 14.2. The Morgan fingerprint density at radius 2 is 2.09 bits per heavy atom. The van der Waals surface area contributed by atoms with E-state index in [9.17, 15) is 9.59 Å². The lowest BCUT2D eigenvalue weighted by molar-refractivity contribution is -0.111. The van der Waals surface area contributed by atoms with Gasteiger partial charge >= 0.3 is 0 Å². The van der Waals surface area contributed by atoms with Crippen molar-refractivity contribution < 1.29 is 23.5 Å². The van der Waals surface area contributed by atoms with Gasteiger partial charge in [-0.2, -0.15) is 5.26 Å². The van der Waals surface area contributed by atoms with Crippen molar-refractivity contribution >= 4 is 29.3 Å². The van der Waals surface area contributed by atoms with Crippen molar-refractivity contribution in [3.8, 4) is 17.6 Å². The van der Waals surface area contributed by atoms with E-state index in [2.05, 4.69) is 5.32 Å². The zero-order chi connectivity index (χ0) is 23.2. The van der Waals surface area contributed by atoms with Gasteiger partial charge in [-0.15, -0.1) is 0 Å². The second-order valence-corrected chi connectivity index (χ2v) is 7.24. The first kappa shape index (κ1) is 21.7. The van der Waals surface area contributed by atoms with Gasteiger partial charge in [-0.25, -0.2) is 0 Å². The Hall–Kier alpha value is -4.51. The van der Waals surface area contributed by atoms with Gasteiger partial charge in [0, 0.05) is 24.0 Å². The van der Waals surface area contributed by atoms with Gasteiger partial charge in [0.2, 0.25) is 5.91 Å². The number of amides is 2. The number of methoxy groups -OCH3 is 1. The number of hydrogen-bond acceptors (Lipinski definition) is 6. The van der Waals surface area contributed by atoms with Gasteiger partial charge in [-0.1, -0.05) is 6.07 Å². The third-order valence-corrected chi connectivity index (χ3v) is 5.16. The molecule has 3 aromatic rings. The van der Waals surface area contributed by atoms with Crippen LogP contribution < -0.4 is 19.7 Å². The number of fused-ring (bicyclic) bond motifs is 1. The highest BCUT2D eigenvalue weighted by Crippen LogP contribution is 2.32. The van der Waals surface area contributed by atoms with Gasteiger partial charge in [0.05, 0.1) is 18.9 Å². The normalized spacial score (nSPS) is 12.3. The average Bonchev–Trinajstić information content (AvgIpc) is 3.51. The van der Waals surface area contributed by atoms with Crippen molar-refractivity contribution in [2.24, 2.45) is 0 Å². The maximum Gasteiger partial charge on any atom is 0.261 e. The molecule has 0 saturated carbocycles. The molecule has 2 aromatic carbocycles. The van der Waals surface area contributed by atoms with Gasteiger partial charge in [-0.05, 0) is 60.0 Å². The number of nitrogens with one attached hydrogen (secondary N) is 1. The van der Waals surface area contributed by atoms with Crippen LogP contribution in [-0.2, 0) is 11.2 Å². The zero-order valence-corrected chi connectivity index (χ0v) is 17.9. The predicted octanol–water partition coefficient (Wildman–Crippen LogP) is 4.05. The number of nitrogens with zero attached hydrogens (tertiary/aromatic N) is 2. The number of nitriles is 1. The summed E-state index contributed by atoms with van der Waals surface area (Å²) in [5, 5.41) is 11.5. The standard InChI is InChI=1S/C25H21N3O5/c1-31-23-14-17(2-6-22(23)33-13-10-26)3-7-24(29)27-20-4-5-21-18(15-20)8-11-28(21)25(30)19-9-12-32-16-19/h2-7,9,12,14-16H,8,11,13H2,1H3,(H,27,29)/b7-3+. The van der Waals surface area contributed by atoms with Crippen molar-refractivity contribution in [3.63, 3.8) is 0 Å². The van der Waals surface area contributed by atoms with Gasteiger partial charge in [0.15, 0.2) is 18.1 Å². The molecule has 33 heavy (non-hydrogen) atoms. The predicted molar refractivity (Wildman–Crippen MR) is 122 cm³/mol. The van der Waals surface area contributed by atoms with Crippen molar-refractivity contribution in [1.29, 1.82) is 5.26 Å². The Morgan fingerprint density at radius 1 is 1.21 bits per heavy atom.